The molecule has 2 aromatic rings. The second-order valence-electron chi connectivity index (χ2n) is 6.19. The average molecular weight is 373 g/mol. The standard InChI is InChI=1S/C19H20FN3O4/c1-23-16(10-24)18(27-11-17(23)25)12-2-6-14(7-3-12)21-19(26)22-15-8-4-13(20)5-9-15/h2-9,16,18,24H,10-11H2,1H3,(H2,21,22,26). The molecular weight excluding hydrogens is 353 g/mol. The number of halogens is 1. The number of hydrogen-bond donors (Lipinski definition) is 3. The Hall–Kier alpha value is -2.97. The van der Waals surface area contributed by atoms with Crippen molar-refractivity contribution < 1.29 is 23.8 Å². The van der Waals surface area contributed by atoms with E-state index >= 15 is 0 Å². The fourth-order valence-electron chi connectivity index (χ4n) is 2.88. The minimum absolute atomic E-state index is 0.0439. The number of carbonyl (C=O) groups is 2. The maximum absolute atomic E-state index is 12.9. The first-order valence-corrected chi connectivity index (χ1v) is 8.39. The number of amides is 3. The van der Waals surface area contributed by atoms with Crippen molar-refractivity contribution in [3.05, 3.63) is 59.9 Å². The highest BCUT2D eigenvalue weighted by molar-refractivity contribution is 5.99. The van der Waals surface area contributed by atoms with Crippen LogP contribution >= 0.6 is 0 Å². The van der Waals surface area contributed by atoms with Crippen LogP contribution in [0.5, 0.6) is 0 Å². The van der Waals surface area contributed by atoms with Crippen molar-refractivity contribution in [2.24, 2.45) is 0 Å². The Balaban J connectivity index is 1.63. The minimum Gasteiger partial charge on any atom is -0.394 e. The Morgan fingerprint density at radius 2 is 1.70 bits per heavy atom. The van der Waals surface area contributed by atoms with E-state index in [0.29, 0.717) is 11.4 Å². The third kappa shape index (κ3) is 4.42. The van der Waals surface area contributed by atoms with Crippen LogP contribution in [0.25, 0.3) is 0 Å². The van der Waals surface area contributed by atoms with Gasteiger partial charge in [0.15, 0.2) is 0 Å². The normalized spacial score (nSPS) is 19.7. The molecule has 2 atom stereocenters. The number of carbonyl (C=O) groups excluding carboxylic acids is 2. The van der Waals surface area contributed by atoms with E-state index in [0.717, 1.165) is 5.56 Å². The molecular formula is C19H20FN3O4. The zero-order valence-corrected chi connectivity index (χ0v) is 14.7. The largest absolute Gasteiger partial charge is 0.394 e. The van der Waals surface area contributed by atoms with Crippen LogP contribution in [-0.2, 0) is 9.53 Å². The summed E-state index contributed by atoms with van der Waals surface area (Å²) in [5, 5.41) is 14.9. The van der Waals surface area contributed by atoms with Crippen LogP contribution in [0.15, 0.2) is 48.5 Å². The number of benzene rings is 2. The summed E-state index contributed by atoms with van der Waals surface area (Å²) in [6.07, 6.45) is -0.445. The van der Waals surface area contributed by atoms with Gasteiger partial charge in [0.05, 0.1) is 12.6 Å². The number of ether oxygens (including phenoxy) is 1. The van der Waals surface area contributed by atoms with Crippen molar-refractivity contribution in [2.45, 2.75) is 12.1 Å². The van der Waals surface area contributed by atoms with Gasteiger partial charge in [0.1, 0.15) is 18.5 Å². The van der Waals surface area contributed by atoms with Crippen LogP contribution in [0, 0.1) is 5.82 Å². The van der Waals surface area contributed by atoms with Crippen molar-refractivity contribution in [2.75, 3.05) is 30.9 Å². The van der Waals surface area contributed by atoms with Crippen LogP contribution < -0.4 is 10.6 Å². The Bertz CT molecular complexity index is 811. The molecule has 142 valence electrons. The SMILES string of the molecule is CN1C(=O)COC(c2ccc(NC(=O)Nc3ccc(F)cc3)cc2)C1CO. The summed E-state index contributed by atoms with van der Waals surface area (Å²) >= 11 is 0. The van der Waals surface area contributed by atoms with Gasteiger partial charge in [-0.05, 0) is 42.0 Å². The molecule has 7 nitrogen and oxygen atoms in total. The zero-order chi connectivity index (χ0) is 19.4. The Labute approximate surface area is 155 Å². The fraction of sp³-hybridized carbons (Fsp3) is 0.263. The predicted molar refractivity (Wildman–Crippen MR) is 97.8 cm³/mol. The number of urea groups is 1. The molecule has 0 bridgehead atoms. The monoisotopic (exact) mass is 373 g/mol. The molecule has 0 spiro atoms. The fourth-order valence-corrected chi connectivity index (χ4v) is 2.88. The summed E-state index contributed by atoms with van der Waals surface area (Å²) in [7, 11) is 1.63. The van der Waals surface area contributed by atoms with E-state index in [-0.39, 0.29) is 24.9 Å². The van der Waals surface area contributed by atoms with E-state index in [1.807, 2.05) is 0 Å². The highest BCUT2D eigenvalue weighted by Gasteiger charge is 2.34. The summed E-state index contributed by atoms with van der Waals surface area (Å²) in [4.78, 5) is 25.2. The lowest BCUT2D eigenvalue weighted by atomic mass is 9.99. The van der Waals surface area contributed by atoms with E-state index < -0.39 is 18.2 Å². The molecule has 3 N–H and O–H groups in total. The number of anilines is 2. The first-order chi connectivity index (χ1) is 13.0. The second kappa shape index (κ2) is 8.15. The first-order valence-electron chi connectivity index (χ1n) is 8.39. The number of likely N-dealkylation sites (N-methyl/N-ethyl adjacent to an activating group) is 1. The zero-order valence-electron chi connectivity index (χ0n) is 14.7. The van der Waals surface area contributed by atoms with Gasteiger partial charge in [-0.3, -0.25) is 4.79 Å². The number of morpholine rings is 1. The van der Waals surface area contributed by atoms with Gasteiger partial charge in [0.25, 0.3) is 0 Å². The van der Waals surface area contributed by atoms with Crippen LogP contribution in [0.4, 0.5) is 20.6 Å². The van der Waals surface area contributed by atoms with E-state index in [1.54, 1.807) is 31.3 Å². The molecule has 1 fully saturated rings. The average Bonchev–Trinajstić information content (AvgIpc) is 2.66. The van der Waals surface area contributed by atoms with Crippen molar-refractivity contribution >= 4 is 23.3 Å². The quantitative estimate of drug-likeness (QED) is 0.767. The summed E-state index contributed by atoms with van der Waals surface area (Å²) in [6, 6.07) is 11.5. The van der Waals surface area contributed by atoms with Gasteiger partial charge in [-0.25, -0.2) is 9.18 Å². The molecule has 1 aliphatic heterocycles. The number of nitrogens with one attached hydrogen (secondary N) is 2. The highest BCUT2D eigenvalue weighted by Crippen LogP contribution is 2.29. The number of aliphatic hydroxyl groups excluding tert-OH is 1. The Morgan fingerprint density at radius 1 is 1.15 bits per heavy atom. The van der Waals surface area contributed by atoms with E-state index in [2.05, 4.69) is 10.6 Å². The van der Waals surface area contributed by atoms with Crippen LogP contribution in [0.1, 0.15) is 11.7 Å². The van der Waals surface area contributed by atoms with Gasteiger partial charge in [0.2, 0.25) is 5.91 Å². The van der Waals surface area contributed by atoms with Gasteiger partial charge in [-0.15, -0.1) is 0 Å². The molecule has 0 radical (unpaired) electrons. The lowest BCUT2D eigenvalue weighted by Crippen LogP contribution is -2.50. The van der Waals surface area contributed by atoms with Crippen LogP contribution in [-0.4, -0.2) is 48.2 Å². The van der Waals surface area contributed by atoms with Crippen LogP contribution in [0.2, 0.25) is 0 Å². The number of rotatable bonds is 4. The van der Waals surface area contributed by atoms with Gasteiger partial charge in [-0.2, -0.15) is 0 Å². The Kier molecular flexibility index (Phi) is 5.68. The maximum atomic E-state index is 12.9. The summed E-state index contributed by atoms with van der Waals surface area (Å²) in [5.41, 5.74) is 1.82. The highest BCUT2D eigenvalue weighted by atomic mass is 19.1. The van der Waals surface area contributed by atoms with Gasteiger partial charge < -0.3 is 25.4 Å². The smallest absolute Gasteiger partial charge is 0.323 e. The molecule has 3 rings (SSSR count). The van der Waals surface area contributed by atoms with Crippen molar-refractivity contribution in [3.63, 3.8) is 0 Å². The lowest BCUT2D eigenvalue weighted by Gasteiger charge is -2.38. The summed E-state index contributed by atoms with van der Waals surface area (Å²) in [5.74, 6) is -0.559. The Morgan fingerprint density at radius 3 is 2.26 bits per heavy atom. The van der Waals surface area contributed by atoms with Gasteiger partial charge in [0, 0.05) is 18.4 Å². The first kappa shape index (κ1) is 18.8. The predicted octanol–water partition coefficient (Wildman–Crippen LogP) is 2.36. The minimum atomic E-state index is -0.466. The van der Waals surface area contributed by atoms with Crippen molar-refractivity contribution in [3.8, 4) is 0 Å². The van der Waals surface area contributed by atoms with Crippen molar-refractivity contribution in [1.82, 2.24) is 4.90 Å². The van der Waals surface area contributed by atoms with Crippen molar-refractivity contribution in [1.29, 1.82) is 0 Å². The van der Waals surface area contributed by atoms with Gasteiger partial charge in [-0.1, -0.05) is 12.1 Å². The van der Waals surface area contributed by atoms with E-state index in [1.165, 1.54) is 29.2 Å². The molecule has 0 aliphatic carbocycles. The molecule has 27 heavy (non-hydrogen) atoms. The topological polar surface area (TPSA) is 90.9 Å². The number of aliphatic hydroxyl groups is 1. The molecule has 0 aromatic heterocycles. The third-order valence-corrected chi connectivity index (χ3v) is 4.41. The van der Waals surface area contributed by atoms with E-state index in [9.17, 15) is 19.1 Å². The third-order valence-electron chi connectivity index (χ3n) is 4.41. The maximum Gasteiger partial charge on any atom is 0.323 e. The van der Waals surface area contributed by atoms with Crippen LogP contribution in [0.3, 0.4) is 0 Å². The number of nitrogens with zero attached hydrogens (tertiary/aromatic N) is 1. The molecule has 2 unspecified atom stereocenters. The molecule has 1 saturated heterocycles. The molecule has 2 aromatic carbocycles. The molecule has 1 heterocycles. The lowest BCUT2D eigenvalue weighted by molar-refractivity contribution is -0.157. The summed E-state index contributed by atoms with van der Waals surface area (Å²) < 4.78 is 18.5. The molecule has 3 amide bonds. The molecule has 8 heteroatoms. The number of hydrogen-bond acceptors (Lipinski definition) is 4. The van der Waals surface area contributed by atoms with Gasteiger partial charge >= 0.3 is 6.03 Å². The second-order valence-corrected chi connectivity index (χ2v) is 6.19. The molecule has 1 aliphatic rings. The molecule has 0 saturated carbocycles. The van der Waals surface area contributed by atoms with E-state index in [4.69, 9.17) is 4.74 Å². The summed E-state index contributed by atoms with van der Waals surface area (Å²) in [6.45, 7) is -0.259.